The highest BCUT2D eigenvalue weighted by atomic mass is 35.5. The minimum Gasteiger partial charge on any atom is -0.376 e. The zero-order valence-corrected chi connectivity index (χ0v) is 28.0. The molecular weight excluding hydrogens is 643 g/mol. The van der Waals surface area contributed by atoms with Gasteiger partial charge in [0.2, 0.25) is 11.8 Å². The molecule has 2 aromatic carbocycles. The van der Waals surface area contributed by atoms with E-state index in [-0.39, 0.29) is 64.5 Å². The van der Waals surface area contributed by atoms with Crippen LogP contribution >= 0.6 is 22.9 Å². The van der Waals surface area contributed by atoms with Gasteiger partial charge in [-0.3, -0.25) is 19.3 Å². The van der Waals surface area contributed by atoms with Crippen molar-refractivity contribution in [1.29, 1.82) is 0 Å². The highest BCUT2D eigenvalue weighted by Gasteiger charge is 2.39. The van der Waals surface area contributed by atoms with Crippen molar-refractivity contribution in [3.63, 3.8) is 0 Å². The van der Waals surface area contributed by atoms with Crippen LogP contribution in [-0.4, -0.2) is 96.2 Å². The fourth-order valence-corrected chi connectivity index (χ4v) is 8.26. The van der Waals surface area contributed by atoms with Crippen LogP contribution in [0.15, 0.2) is 41.8 Å². The van der Waals surface area contributed by atoms with Crippen LogP contribution in [0, 0.1) is 11.7 Å². The molecule has 250 valence electrons. The lowest BCUT2D eigenvalue weighted by Crippen LogP contribution is -2.52. The van der Waals surface area contributed by atoms with E-state index in [0.29, 0.717) is 31.8 Å². The number of fused-ring (bicyclic) bond motifs is 1. The Morgan fingerprint density at radius 3 is 2.55 bits per heavy atom. The topological polar surface area (TPSA) is 99.3 Å². The molecular formula is C35H40ClFN4O5S. The highest BCUT2D eigenvalue weighted by Crippen LogP contribution is 2.32. The van der Waals surface area contributed by atoms with Crippen molar-refractivity contribution in [2.45, 2.75) is 63.6 Å². The molecule has 6 rings (SSSR count). The number of hydrogen-bond acceptors (Lipinski definition) is 7. The van der Waals surface area contributed by atoms with Crippen LogP contribution < -0.4 is 5.32 Å². The Balaban J connectivity index is 1.13. The number of nitrogens with one attached hydrogen (secondary N) is 1. The quantitative estimate of drug-likeness (QED) is 0.304. The Morgan fingerprint density at radius 1 is 1.09 bits per heavy atom. The van der Waals surface area contributed by atoms with Gasteiger partial charge in [0.15, 0.2) is 0 Å². The van der Waals surface area contributed by atoms with E-state index in [9.17, 15) is 19.2 Å². The highest BCUT2D eigenvalue weighted by molar-refractivity contribution is 7.17. The summed E-state index contributed by atoms with van der Waals surface area (Å²) >= 11 is 7.99. The van der Waals surface area contributed by atoms with Gasteiger partial charge < -0.3 is 24.6 Å². The van der Waals surface area contributed by atoms with Crippen LogP contribution in [0.2, 0.25) is 5.02 Å². The lowest BCUT2D eigenvalue weighted by molar-refractivity contribution is -0.133. The maximum Gasteiger partial charge on any atom is 0.257 e. The largest absolute Gasteiger partial charge is 0.376 e. The number of carbonyl (C=O) groups is 4. The summed E-state index contributed by atoms with van der Waals surface area (Å²) in [5.74, 6) is -1.07. The van der Waals surface area contributed by atoms with Crippen LogP contribution in [0.3, 0.4) is 0 Å². The van der Waals surface area contributed by atoms with Crippen molar-refractivity contribution in [3.8, 4) is 0 Å². The Morgan fingerprint density at radius 2 is 1.83 bits per heavy atom. The van der Waals surface area contributed by atoms with Gasteiger partial charge in [-0.05, 0) is 55.9 Å². The van der Waals surface area contributed by atoms with E-state index >= 15 is 4.39 Å². The number of ether oxygens (including phenoxy) is 1. The molecule has 0 radical (unpaired) electrons. The molecule has 1 N–H and O–H groups in total. The number of rotatable bonds is 9. The smallest absolute Gasteiger partial charge is 0.257 e. The summed E-state index contributed by atoms with van der Waals surface area (Å²) in [4.78, 5) is 55.9. The summed E-state index contributed by atoms with van der Waals surface area (Å²) in [7, 11) is 0. The molecule has 47 heavy (non-hydrogen) atoms. The Labute approximate surface area is 283 Å². The summed E-state index contributed by atoms with van der Waals surface area (Å²) in [6.45, 7) is 5.20. The predicted octanol–water partition coefficient (Wildman–Crippen LogP) is 5.40. The van der Waals surface area contributed by atoms with Gasteiger partial charge in [0.25, 0.3) is 5.91 Å². The molecule has 1 saturated carbocycles. The van der Waals surface area contributed by atoms with E-state index in [1.807, 2.05) is 34.1 Å². The lowest BCUT2D eigenvalue weighted by Gasteiger charge is -2.37. The molecule has 0 unspecified atom stereocenters. The number of amides is 3. The first kappa shape index (κ1) is 33.5. The number of benzene rings is 2. The minimum atomic E-state index is -0.621. The van der Waals surface area contributed by atoms with Crippen molar-refractivity contribution in [1.82, 2.24) is 14.7 Å². The number of hydrogen-bond donors (Lipinski definition) is 1. The third-order valence-corrected chi connectivity index (χ3v) is 11.2. The third-order valence-electron chi connectivity index (χ3n) is 9.88. The van der Waals surface area contributed by atoms with Crippen molar-refractivity contribution < 1.29 is 28.3 Å². The SMILES string of the molecule is CC(=O)N1CCN([C@H]2C[C@@H](COC3CCC(C=O)CC3)N(C(=O)Cc3cc(Cl)c(NC(=O)c4csc5ccccc45)cc3F)C2)CC1. The van der Waals surface area contributed by atoms with Crippen molar-refractivity contribution in [2.24, 2.45) is 5.92 Å². The number of aldehydes is 1. The molecule has 0 spiro atoms. The molecule has 12 heteroatoms. The molecule has 1 aliphatic carbocycles. The van der Waals surface area contributed by atoms with Crippen LogP contribution in [-0.2, 0) is 25.5 Å². The van der Waals surface area contributed by atoms with Gasteiger partial charge in [-0.15, -0.1) is 11.3 Å². The van der Waals surface area contributed by atoms with E-state index in [4.69, 9.17) is 16.3 Å². The molecule has 0 bridgehead atoms. The predicted molar refractivity (Wildman–Crippen MR) is 180 cm³/mol. The minimum absolute atomic E-state index is 0.0485. The summed E-state index contributed by atoms with van der Waals surface area (Å²) in [6, 6.07) is 10.1. The summed E-state index contributed by atoms with van der Waals surface area (Å²) in [5.41, 5.74) is 0.782. The fraction of sp³-hybridized carbons (Fsp3) is 0.486. The molecule has 2 aliphatic heterocycles. The van der Waals surface area contributed by atoms with Crippen molar-refractivity contribution in [2.75, 3.05) is 44.6 Å². The van der Waals surface area contributed by atoms with Gasteiger partial charge in [-0.25, -0.2) is 4.39 Å². The zero-order chi connectivity index (χ0) is 33.1. The number of likely N-dealkylation sites (tertiary alicyclic amines) is 1. The molecule has 2 atom stereocenters. The Kier molecular flexibility index (Phi) is 10.6. The van der Waals surface area contributed by atoms with Crippen LogP contribution in [0.25, 0.3) is 10.1 Å². The molecule has 2 saturated heterocycles. The number of carbonyl (C=O) groups excluding carboxylic acids is 4. The maximum absolute atomic E-state index is 15.5. The first-order valence-corrected chi connectivity index (χ1v) is 17.6. The third kappa shape index (κ3) is 7.69. The first-order chi connectivity index (χ1) is 22.7. The van der Waals surface area contributed by atoms with Crippen molar-refractivity contribution >= 4 is 62.7 Å². The van der Waals surface area contributed by atoms with E-state index in [1.165, 1.54) is 23.5 Å². The molecule has 3 aromatic rings. The number of thiophene rings is 1. The van der Waals surface area contributed by atoms with Gasteiger partial charge >= 0.3 is 0 Å². The van der Waals surface area contributed by atoms with Crippen LogP contribution in [0.5, 0.6) is 0 Å². The van der Waals surface area contributed by atoms with Crippen molar-refractivity contribution in [3.05, 3.63) is 63.7 Å². The number of halogens is 2. The second-order valence-corrected chi connectivity index (χ2v) is 14.2. The molecule has 1 aromatic heterocycles. The Hall–Kier alpha value is -3.38. The normalized spacial score (nSPS) is 23.6. The Bertz CT molecular complexity index is 1640. The lowest BCUT2D eigenvalue weighted by atomic mass is 9.88. The monoisotopic (exact) mass is 682 g/mol. The average molecular weight is 683 g/mol. The van der Waals surface area contributed by atoms with Gasteiger partial charge in [0.05, 0.1) is 41.4 Å². The second-order valence-electron chi connectivity index (χ2n) is 12.8. The molecule has 3 heterocycles. The van der Waals surface area contributed by atoms with E-state index in [0.717, 1.165) is 61.6 Å². The maximum atomic E-state index is 15.5. The van der Waals surface area contributed by atoms with Gasteiger partial charge in [0, 0.05) is 67.1 Å². The first-order valence-electron chi connectivity index (χ1n) is 16.3. The van der Waals surface area contributed by atoms with E-state index < -0.39 is 5.82 Å². The van der Waals surface area contributed by atoms with E-state index in [1.54, 1.807) is 12.3 Å². The summed E-state index contributed by atoms with van der Waals surface area (Å²) < 4.78 is 22.8. The van der Waals surface area contributed by atoms with E-state index in [2.05, 4.69) is 10.2 Å². The molecule has 3 amide bonds. The van der Waals surface area contributed by atoms with Gasteiger partial charge in [-0.1, -0.05) is 29.8 Å². The average Bonchev–Trinajstić information content (AvgIpc) is 3.71. The molecule has 3 fully saturated rings. The number of anilines is 1. The number of nitrogens with zero attached hydrogens (tertiary/aromatic N) is 3. The molecule has 3 aliphatic rings. The number of piperazine rings is 1. The fourth-order valence-electron chi connectivity index (χ4n) is 7.09. The van der Waals surface area contributed by atoms with Crippen LogP contribution in [0.4, 0.5) is 10.1 Å². The van der Waals surface area contributed by atoms with Gasteiger partial charge in [-0.2, -0.15) is 0 Å². The van der Waals surface area contributed by atoms with Gasteiger partial charge in [0.1, 0.15) is 12.1 Å². The summed E-state index contributed by atoms with van der Waals surface area (Å²) in [5, 5.41) is 5.45. The zero-order valence-electron chi connectivity index (χ0n) is 26.5. The standard InChI is InChI=1S/C35H40ClFN4O5S/c1-22(43)39-10-12-40(13-11-39)25-16-26(20-46-27-8-6-23(19-42)7-9-27)41(18-25)34(44)15-24-14-30(36)32(17-31(24)37)38-35(45)29-21-47-33-5-3-2-4-28(29)33/h2-5,14,17,19,21,23,25-27H,6-13,15-16,18,20H2,1H3,(H,38,45)/t23?,25-,26-,27?/m0/s1. The second kappa shape index (κ2) is 14.8. The van der Waals surface area contributed by atoms with Crippen LogP contribution in [0.1, 0.15) is 54.9 Å². The summed E-state index contributed by atoms with van der Waals surface area (Å²) in [6.07, 6.45) is 4.87. The molecule has 9 nitrogen and oxygen atoms in total.